The number of hydrogen-bond acceptors (Lipinski definition) is 6. The monoisotopic (exact) mass is 1140 g/mol. The zero-order valence-electron chi connectivity index (χ0n) is 53.7. The van der Waals surface area contributed by atoms with E-state index in [-0.39, 0.29) is 31.1 Å². The van der Waals surface area contributed by atoms with Crippen molar-refractivity contribution in [1.82, 2.24) is 0 Å². The largest absolute Gasteiger partial charge is 0.462 e. The number of rotatable bonds is 62. The molecule has 0 aromatic carbocycles. The van der Waals surface area contributed by atoms with E-state index in [2.05, 4.69) is 142 Å². The van der Waals surface area contributed by atoms with E-state index in [1.54, 1.807) is 0 Å². The van der Waals surface area contributed by atoms with E-state index in [0.717, 1.165) is 135 Å². The highest BCUT2D eigenvalue weighted by atomic mass is 16.6. The van der Waals surface area contributed by atoms with Crippen LogP contribution in [0.25, 0.3) is 0 Å². The minimum absolute atomic E-state index is 0.0895. The van der Waals surface area contributed by atoms with Crippen molar-refractivity contribution < 1.29 is 28.6 Å². The van der Waals surface area contributed by atoms with E-state index in [1.807, 2.05) is 0 Å². The highest BCUT2D eigenvalue weighted by Gasteiger charge is 2.19. The van der Waals surface area contributed by atoms with Gasteiger partial charge in [-0.3, -0.25) is 14.4 Å². The highest BCUT2D eigenvalue weighted by molar-refractivity contribution is 5.71. The lowest BCUT2D eigenvalue weighted by Gasteiger charge is -2.18. The summed E-state index contributed by atoms with van der Waals surface area (Å²) in [5, 5.41) is 0. The molecule has 0 saturated heterocycles. The summed E-state index contributed by atoms with van der Waals surface area (Å²) in [6.07, 6.45) is 96.4. The van der Waals surface area contributed by atoms with Gasteiger partial charge in [0.1, 0.15) is 13.2 Å². The minimum Gasteiger partial charge on any atom is -0.462 e. The molecule has 82 heavy (non-hydrogen) atoms. The fourth-order valence-corrected chi connectivity index (χ4v) is 9.49. The number of carbonyl (C=O) groups is 3. The lowest BCUT2D eigenvalue weighted by atomic mass is 10.0. The number of esters is 3. The fraction of sp³-hybridized carbons (Fsp3) is 0.697. The first-order valence-corrected chi connectivity index (χ1v) is 34.5. The second kappa shape index (κ2) is 69.3. The zero-order chi connectivity index (χ0) is 59.2. The Morgan fingerprint density at radius 1 is 0.256 bits per heavy atom. The summed E-state index contributed by atoms with van der Waals surface area (Å²) in [5.74, 6) is -0.909. The van der Waals surface area contributed by atoms with Gasteiger partial charge in [0.2, 0.25) is 0 Å². The van der Waals surface area contributed by atoms with Crippen LogP contribution in [0.15, 0.2) is 122 Å². The summed E-state index contributed by atoms with van der Waals surface area (Å²) in [6, 6.07) is 0. The second-order valence-corrected chi connectivity index (χ2v) is 22.7. The number of hydrogen-bond donors (Lipinski definition) is 0. The smallest absolute Gasteiger partial charge is 0.306 e. The molecule has 0 heterocycles. The Hall–Kier alpha value is -4.19. The van der Waals surface area contributed by atoms with Crippen molar-refractivity contribution in [3.05, 3.63) is 122 Å². The van der Waals surface area contributed by atoms with Crippen LogP contribution in [0.5, 0.6) is 0 Å². The van der Waals surface area contributed by atoms with Gasteiger partial charge in [-0.15, -0.1) is 0 Å². The molecule has 0 amide bonds. The van der Waals surface area contributed by atoms with Crippen LogP contribution in [-0.4, -0.2) is 37.2 Å². The van der Waals surface area contributed by atoms with Gasteiger partial charge in [-0.2, -0.15) is 0 Å². The van der Waals surface area contributed by atoms with E-state index in [4.69, 9.17) is 14.2 Å². The van der Waals surface area contributed by atoms with Crippen molar-refractivity contribution in [2.24, 2.45) is 0 Å². The maximum absolute atomic E-state index is 12.9. The van der Waals surface area contributed by atoms with E-state index in [9.17, 15) is 14.4 Å². The van der Waals surface area contributed by atoms with E-state index < -0.39 is 6.10 Å². The van der Waals surface area contributed by atoms with Gasteiger partial charge >= 0.3 is 17.9 Å². The molecule has 0 rings (SSSR count). The first kappa shape index (κ1) is 77.8. The van der Waals surface area contributed by atoms with Crippen LogP contribution in [0.1, 0.15) is 323 Å². The molecule has 6 heteroatoms. The topological polar surface area (TPSA) is 78.9 Å². The van der Waals surface area contributed by atoms with Crippen LogP contribution in [0.2, 0.25) is 0 Å². The Morgan fingerprint density at radius 2 is 0.488 bits per heavy atom. The van der Waals surface area contributed by atoms with Crippen molar-refractivity contribution in [3.63, 3.8) is 0 Å². The lowest BCUT2D eigenvalue weighted by molar-refractivity contribution is -0.167. The molecule has 0 fully saturated rings. The van der Waals surface area contributed by atoms with Gasteiger partial charge in [0.25, 0.3) is 0 Å². The average Bonchev–Trinajstić information content (AvgIpc) is 3.47. The Kier molecular flexibility index (Phi) is 65.8. The normalized spacial score (nSPS) is 12.9. The van der Waals surface area contributed by atoms with Gasteiger partial charge < -0.3 is 14.2 Å². The molecule has 6 nitrogen and oxygen atoms in total. The maximum Gasteiger partial charge on any atom is 0.306 e. The van der Waals surface area contributed by atoms with Gasteiger partial charge in [0, 0.05) is 19.3 Å². The van der Waals surface area contributed by atoms with Crippen molar-refractivity contribution in [2.75, 3.05) is 13.2 Å². The third-order valence-electron chi connectivity index (χ3n) is 14.7. The lowest BCUT2D eigenvalue weighted by Crippen LogP contribution is -2.30. The molecular formula is C76H128O6. The van der Waals surface area contributed by atoms with Gasteiger partial charge in [-0.05, 0) is 128 Å². The molecule has 1 atom stereocenters. The SMILES string of the molecule is CC/C=C\C/C=C\C/C=C\C/C=C\C/C=C\CCCCCCCCCC(=O)OC(COC(=O)CCCCCCC/C=C\C/C=C\CCCC)COC(=O)CCCCCCCCCCCCCC/C=C\C/C=C\C/C=C\CCCCCCC. The molecule has 1 unspecified atom stereocenters. The van der Waals surface area contributed by atoms with Gasteiger partial charge in [-0.1, -0.05) is 296 Å². The van der Waals surface area contributed by atoms with E-state index in [1.165, 1.54) is 148 Å². The van der Waals surface area contributed by atoms with Crippen LogP contribution in [0.3, 0.4) is 0 Å². The molecule has 0 bridgehead atoms. The van der Waals surface area contributed by atoms with E-state index in [0.29, 0.717) is 19.3 Å². The van der Waals surface area contributed by atoms with Crippen molar-refractivity contribution in [2.45, 2.75) is 329 Å². The summed E-state index contributed by atoms with van der Waals surface area (Å²) in [5.41, 5.74) is 0. The number of carbonyl (C=O) groups excluding carboxylic acids is 3. The summed E-state index contributed by atoms with van der Waals surface area (Å²) in [6.45, 7) is 6.48. The standard InChI is InChI=1S/C76H128O6/c1-4-7-10-13-16-19-22-25-28-30-32-34-36-37-38-39-41-42-44-46-48-51-54-57-60-63-66-69-75(78)81-72-73(71-80-74(77)68-65-62-59-56-53-50-27-24-21-18-15-12-9-6-3)82-76(79)70-67-64-61-58-55-52-49-47-45-43-40-35-33-31-29-26-23-20-17-14-11-8-5-2/h8,11,15,17-18,20,22,24-27,29-30,32-33,35-37,43,45,73H,4-7,9-10,12-14,16,19,21,23,28,31,34,38-42,44,46-72H2,1-3H3/b11-8-,18-15-,20-17-,25-22-,27-24-,29-26-,32-30-,35-33-,37-36-,45-43-. The second-order valence-electron chi connectivity index (χ2n) is 22.7. The van der Waals surface area contributed by atoms with Crippen molar-refractivity contribution in [3.8, 4) is 0 Å². The third-order valence-corrected chi connectivity index (χ3v) is 14.7. The summed E-state index contributed by atoms with van der Waals surface area (Å²) in [4.78, 5) is 38.4. The minimum atomic E-state index is -0.796. The molecule has 0 saturated carbocycles. The van der Waals surface area contributed by atoms with Gasteiger partial charge in [0.05, 0.1) is 0 Å². The molecule has 0 N–H and O–H groups in total. The van der Waals surface area contributed by atoms with Crippen LogP contribution in [-0.2, 0) is 28.6 Å². The highest BCUT2D eigenvalue weighted by Crippen LogP contribution is 2.16. The summed E-state index contributed by atoms with van der Waals surface area (Å²) in [7, 11) is 0. The predicted molar refractivity (Wildman–Crippen MR) is 357 cm³/mol. The molecule has 0 aliphatic carbocycles. The maximum atomic E-state index is 12.9. The van der Waals surface area contributed by atoms with Crippen LogP contribution >= 0.6 is 0 Å². The first-order valence-electron chi connectivity index (χ1n) is 34.5. The van der Waals surface area contributed by atoms with Crippen molar-refractivity contribution >= 4 is 17.9 Å². The molecule has 0 aliphatic heterocycles. The fourth-order valence-electron chi connectivity index (χ4n) is 9.49. The van der Waals surface area contributed by atoms with Crippen LogP contribution < -0.4 is 0 Å². The Bertz CT molecular complexity index is 1690. The average molecular weight is 1140 g/mol. The summed E-state index contributed by atoms with van der Waals surface area (Å²) < 4.78 is 17.0. The molecule has 0 aromatic heterocycles. The zero-order valence-corrected chi connectivity index (χ0v) is 53.7. The number of allylic oxidation sites excluding steroid dienone is 20. The Labute approximate surface area is 507 Å². The van der Waals surface area contributed by atoms with Crippen LogP contribution in [0.4, 0.5) is 0 Å². The summed E-state index contributed by atoms with van der Waals surface area (Å²) >= 11 is 0. The first-order chi connectivity index (χ1) is 40.5. The van der Waals surface area contributed by atoms with Crippen molar-refractivity contribution in [1.29, 1.82) is 0 Å². The molecule has 468 valence electrons. The number of unbranched alkanes of at least 4 members (excludes halogenated alkanes) is 31. The predicted octanol–water partition coefficient (Wildman–Crippen LogP) is 23.9. The van der Waals surface area contributed by atoms with Gasteiger partial charge in [-0.25, -0.2) is 0 Å². The quantitative estimate of drug-likeness (QED) is 0.0261. The Morgan fingerprint density at radius 3 is 0.780 bits per heavy atom. The molecular weight excluding hydrogens is 1010 g/mol. The molecule has 0 spiro atoms. The van der Waals surface area contributed by atoms with Gasteiger partial charge in [0.15, 0.2) is 6.10 Å². The molecule has 0 radical (unpaired) electrons. The molecule has 0 aromatic rings. The van der Waals surface area contributed by atoms with Crippen LogP contribution in [0, 0.1) is 0 Å². The number of ether oxygens (including phenoxy) is 3. The third kappa shape index (κ3) is 66.6. The Balaban J connectivity index is 4.35. The molecule has 0 aliphatic rings. The van der Waals surface area contributed by atoms with E-state index >= 15 is 0 Å².